The quantitative estimate of drug-likeness (QED) is 0.215. The molecule has 0 fully saturated rings. The van der Waals surface area contributed by atoms with Crippen LogP contribution in [0.3, 0.4) is 0 Å². The lowest BCUT2D eigenvalue weighted by molar-refractivity contribution is -0.383. The standard InChI is InChI=1S/C21H17BrN6O7/c1-34-20(30)11-7-12(21(31)35-2)9-13(8-11)25-17-16(28(32)33)18(24-10-23-17)26-27-19(29)14-5-3-4-6-15(14)22/h3-10H,1-2H3,(H,27,29)(H2,23,24,25,26). The molecule has 0 saturated heterocycles. The van der Waals surface area contributed by atoms with Crippen LogP contribution < -0.4 is 16.2 Å². The second-order valence-corrected chi connectivity index (χ2v) is 7.50. The highest BCUT2D eigenvalue weighted by Gasteiger charge is 2.25. The molecule has 0 aliphatic carbocycles. The van der Waals surface area contributed by atoms with Gasteiger partial charge in [0.05, 0.1) is 35.8 Å². The van der Waals surface area contributed by atoms with Crippen molar-refractivity contribution >= 4 is 56.8 Å². The summed E-state index contributed by atoms with van der Waals surface area (Å²) in [4.78, 5) is 55.2. The van der Waals surface area contributed by atoms with Gasteiger partial charge in [0.1, 0.15) is 6.33 Å². The van der Waals surface area contributed by atoms with Crippen molar-refractivity contribution in [2.45, 2.75) is 0 Å². The summed E-state index contributed by atoms with van der Waals surface area (Å²) in [5, 5.41) is 14.5. The predicted octanol–water partition coefficient (Wildman–Crippen LogP) is 3.22. The minimum Gasteiger partial charge on any atom is -0.465 e. The van der Waals surface area contributed by atoms with Crippen molar-refractivity contribution in [2.24, 2.45) is 0 Å². The molecule has 0 aliphatic rings. The number of nitrogens with one attached hydrogen (secondary N) is 3. The van der Waals surface area contributed by atoms with E-state index in [-0.39, 0.29) is 34.0 Å². The van der Waals surface area contributed by atoms with Crippen LogP contribution in [0.5, 0.6) is 0 Å². The molecule has 2 aromatic carbocycles. The first-order valence-corrected chi connectivity index (χ1v) is 10.4. The SMILES string of the molecule is COC(=O)c1cc(Nc2ncnc(NNC(=O)c3ccccc3Br)c2[N+](=O)[O-])cc(C(=O)OC)c1. The maximum atomic E-state index is 12.4. The van der Waals surface area contributed by atoms with Gasteiger partial charge in [0.25, 0.3) is 5.91 Å². The number of ether oxygens (including phenoxy) is 2. The van der Waals surface area contributed by atoms with Gasteiger partial charge >= 0.3 is 17.6 Å². The van der Waals surface area contributed by atoms with E-state index in [1.54, 1.807) is 24.3 Å². The van der Waals surface area contributed by atoms with Crippen molar-refractivity contribution in [3.05, 3.63) is 80.1 Å². The summed E-state index contributed by atoms with van der Waals surface area (Å²) in [5.74, 6) is -2.65. The number of aromatic nitrogens is 2. The van der Waals surface area contributed by atoms with Crippen LogP contribution >= 0.6 is 15.9 Å². The number of esters is 2. The first kappa shape index (κ1) is 25.0. The molecule has 1 amide bonds. The fourth-order valence-electron chi connectivity index (χ4n) is 2.87. The summed E-state index contributed by atoms with van der Waals surface area (Å²) in [6.45, 7) is 0. The van der Waals surface area contributed by atoms with Crippen molar-refractivity contribution in [1.29, 1.82) is 0 Å². The lowest BCUT2D eigenvalue weighted by Gasteiger charge is -2.12. The number of nitro groups is 1. The Morgan fingerprint density at radius 3 is 2.14 bits per heavy atom. The summed E-state index contributed by atoms with van der Waals surface area (Å²) in [6.07, 6.45) is 1.02. The number of benzene rings is 2. The van der Waals surface area contributed by atoms with Crippen LogP contribution in [-0.4, -0.2) is 47.0 Å². The topological polar surface area (TPSA) is 175 Å². The maximum Gasteiger partial charge on any atom is 0.355 e. The van der Waals surface area contributed by atoms with Crippen molar-refractivity contribution < 1.29 is 28.8 Å². The number of hydrogen-bond acceptors (Lipinski definition) is 11. The van der Waals surface area contributed by atoms with Gasteiger partial charge in [-0.1, -0.05) is 12.1 Å². The number of hydrazine groups is 1. The maximum absolute atomic E-state index is 12.4. The Balaban J connectivity index is 1.94. The van der Waals surface area contributed by atoms with E-state index in [0.717, 1.165) is 20.5 Å². The van der Waals surface area contributed by atoms with Gasteiger partial charge in [-0.15, -0.1) is 0 Å². The molecule has 35 heavy (non-hydrogen) atoms. The Morgan fingerprint density at radius 1 is 0.971 bits per heavy atom. The van der Waals surface area contributed by atoms with Gasteiger partial charge in [0, 0.05) is 10.2 Å². The average Bonchev–Trinajstić information content (AvgIpc) is 2.86. The predicted molar refractivity (Wildman–Crippen MR) is 126 cm³/mol. The van der Waals surface area contributed by atoms with Gasteiger partial charge in [0.2, 0.25) is 11.6 Å². The van der Waals surface area contributed by atoms with E-state index in [2.05, 4.69) is 51.5 Å². The van der Waals surface area contributed by atoms with Crippen molar-refractivity contribution in [2.75, 3.05) is 25.0 Å². The normalized spacial score (nSPS) is 10.1. The van der Waals surface area contributed by atoms with E-state index in [1.807, 2.05) is 0 Å². The number of amides is 1. The summed E-state index contributed by atoms with van der Waals surface area (Å²) < 4.78 is 9.89. The molecule has 0 saturated carbocycles. The minimum atomic E-state index is -0.763. The molecule has 3 rings (SSSR count). The number of hydrogen-bond donors (Lipinski definition) is 3. The zero-order chi connectivity index (χ0) is 25.5. The number of carbonyl (C=O) groups is 3. The Morgan fingerprint density at radius 2 is 1.57 bits per heavy atom. The van der Waals surface area contributed by atoms with Gasteiger partial charge in [-0.05, 0) is 46.3 Å². The average molecular weight is 545 g/mol. The monoisotopic (exact) mass is 544 g/mol. The van der Waals surface area contributed by atoms with E-state index in [1.165, 1.54) is 18.2 Å². The van der Waals surface area contributed by atoms with Crippen LogP contribution in [0.15, 0.2) is 53.3 Å². The molecule has 13 nitrogen and oxygen atoms in total. The second kappa shape index (κ2) is 11.0. The van der Waals surface area contributed by atoms with Crippen LogP contribution in [0.25, 0.3) is 0 Å². The first-order valence-electron chi connectivity index (χ1n) is 9.64. The summed E-state index contributed by atoms with van der Waals surface area (Å²) in [6, 6.07) is 10.5. The van der Waals surface area contributed by atoms with E-state index >= 15 is 0 Å². The molecule has 0 spiro atoms. The highest BCUT2D eigenvalue weighted by molar-refractivity contribution is 9.10. The van der Waals surface area contributed by atoms with Crippen molar-refractivity contribution in [3.8, 4) is 0 Å². The number of halogens is 1. The van der Waals surface area contributed by atoms with Crippen molar-refractivity contribution in [3.63, 3.8) is 0 Å². The number of anilines is 3. The van der Waals surface area contributed by atoms with E-state index in [9.17, 15) is 24.5 Å². The first-order chi connectivity index (χ1) is 16.7. The lowest BCUT2D eigenvalue weighted by Crippen LogP contribution is -2.30. The van der Waals surface area contributed by atoms with Crippen LogP contribution in [-0.2, 0) is 9.47 Å². The molecule has 0 unspecified atom stereocenters. The van der Waals surface area contributed by atoms with E-state index in [4.69, 9.17) is 0 Å². The molecule has 3 N–H and O–H groups in total. The molecule has 0 aliphatic heterocycles. The van der Waals surface area contributed by atoms with Gasteiger partial charge in [-0.2, -0.15) is 0 Å². The Hall–Kier alpha value is -4.59. The molecular weight excluding hydrogens is 528 g/mol. The summed E-state index contributed by atoms with van der Waals surface area (Å²) in [7, 11) is 2.32. The Labute approximate surface area is 206 Å². The highest BCUT2D eigenvalue weighted by atomic mass is 79.9. The van der Waals surface area contributed by atoms with Crippen LogP contribution in [0.2, 0.25) is 0 Å². The minimum absolute atomic E-state index is 0.00587. The molecule has 3 aromatic rings. The third kappa shape index (κ3) is 5.86. The van der Waals surface area contributed by atoms with Crippen LogP contribution in [0.1, 0.15) is 31.1 Å². The molecule has 0 atom stereocenters. The fourth-order valence-corrected chi connectivity index (χ4v) is 3.34. The zero-order valence-electron chi connectivity index (χ0n) is 18.2. The Bertz CT molecular complexity index is 1280. The van der Waals surface area contributed by atoms with Crippen LogP contribution in [0.4, 0.5) is 23.0 Å². The Kier molecular flexibility index (Phi) is 7.88. The van der Waals surface area contributed by atoms with E-state index < -0.39 is 28.5 Å². The third-order valence-corrected chi connectivity index (χ3v) is 5.15. The number of methoxy groups -OCH3 is 2. The van der Waals surface area contributed by atoms with Gasteiger partial charge in [0.15, 0.2) is 0 Å². The van der Waals surface area contributed by atoms with Gasteiger partial charge in [-0.3, -0.25) is 25.8 Å². The van der Waals surface area contributed by atoms with Crippen molar-refractivity contribution in [1.82, 2.24) is 15.4 Å². The molecule has 0 bridgehead atoms. The summed E-state index contributed by atoms with van der Waals surface area (Å²) in [5.41, 5.74) is 4.54. The number of rotatable bonds is 8. The number of nitrogens with zero attached hydrogens (tertiary/aromatic N) is 3. The van der Waals surface area contributed by atoms with E-state index in [0.29, 0.717) is 4.47 Å². The number of carbonyl (C=O) groups excluding carboxylic acids is 3. The molecule has 1 heterocycles. The third-order valence-electron chi connectivity index (χ3n) is 4.46. The van der Waals surface area contributed by atoms with Crippen LogP contribution in [0, 0.1) is 10.1 Å². The molecular formula is C21H17BrN6O7. The molecule has 14 heteroatoms. The van der Waals surface area contributed by atoms with Gasteiger partial charge < -0.3 is 14.8 Å². The fraction of sp³-hybridized carbons (Fsp3) is 0.0952. The van der Waals surface area contributed by atoms with Gasteiger partial charge in [-0.25, -0.2) is 19.6 Å². The summed E-state index contributed by atoms with van der Waals surface area (Å²) >= 11 is 3.25. The lowest BCUT2D eigenvalue weighted by atomic mass is 10.1. The largest absolute Gasteiger partial charge is 0.465 e. The molecule has 0 radical (unpaired) electrons. The smallest absolute Gasteiger partial charge is 0.355 e. The zero-order valence-corrected chi connectivity index (χ0v) is 19.8. The highest BCUT2D eigenvalue weighted by Crippen LogP contribution is 2.31. The molecule has 1 aromatic heterocycles. The molecule has 180 valence electrons. The second-order valence-electron chi connectivity index (χ2n) is 6.64.